The molecule has 0 bridgehead atoms. The lowest BCUT2D eigenvalue weighted by Gasteiger charge is -2.08. The lowest BCUT2D eigenvalue weighted by molar-refractivity contribution is 0.0600. The Morgan fingerprint density at radius 3 is 2.76 bits per heavy atom. The fraction of sp³-hybridized carbons (Fsp3) is 0.133. The summed E-state index contributed by atoms with van der Waals surface area (Å²) in [5.74, 6) is 0.0409. The van der Waals surface area contributed by atoms with Crippen LogP contribution in [0, 0.1) is 11.3 Å². The van der Waals surface area contributed by atoms with Gasteiger partial charge in [0.2, 0.25) is 0 Å². The molecule has 2 rings (SSSR count). The minimum absolute atomic E-state index is 0.206. The van der Waals surface area contributed by atoms with Gasteiger partial charge in [0, 0.05) is 6.20 Å². The minimum atomic E-state index is -0.439. The second kappa shape index (κ2) is 6.39. The van der Waals surface area contributed by atoms with Crippen LogP contribution in [0.2, 0.25) is 0 Å². The first-order chi connectivity index (χ1) is 10.1. The van der Waals surface area contributed by atoms with Gasteiger partial charge in [-0.25, -0.2) is 4.79 Å². The third-order valence-electron chi connectivity index (χ3n) is 2.76. The van der Waals surface area contributed by atoms with Crippen LogP contribution in [-0.4, -0.2) is 18.1 Å². The number of nitrogens with two attached hydrogens (primary N) is 1. The molecule has 0 radical (unpaired) electrons. The molecule has 1 heterocycles. The largest absolute Gasteiger partial charge is 0.485 e. The highest BCUT2D eigenvalue weighted by Crippen LogP contribution is 2.23. The zero-order chi connectivity index (χ0) is 15.2. The Balaban J connectivity index is 2.03. The van der Waals surface area contributed by atoms with Crippen molar-refractivity contribution in [1.29, 1.82) is 5.26 Å². The van der Waals surface area contributed by atoms with Gasteiger partial charge >= 0.3 is 5.97 Å². The number of methoxy groups -OCH3 is 1. The number of pyridine rings is 1. The van der Waals surface area contributed by atoms with Gasteiger partial charge in [0.15, 0.2) is 0 Å². The van der Waals surface area contributed by atoms with Crippen molar-refractivity contribution < 1.29 is 14.3 Å². The van der Waals surface area contributed by atoms with Crippen LogP contribution in [0.1, 0.15) is 21.6 Å². The van der Waals surface area contributed by atoms with Crippen molar-refractivity contribution in [1.82, 2.24) is 4.98 Å². The van der Waals surface area contributed by atoms with E-state index in [0.29, 0.717) is 28.3 Å². The molecule has 0 aliphatic carbocycles. The van der Waals surface area contributed by atoms with Crippen molar-refractivity contribution in [2.24, 2.45) is 0 Å². The van der Waals surface area contributed by atoms with Gasteiger partial charge in [0.25, 0.3) is 0 Å². The Bertz CT molecular complexity index is 690. The van der Waals surface area contributed by atoms with Gasteiger partial charge in [0.1, 0.15) is 12.4 Å². The summed E-state index contributed by atoms with van der Waals surface area (Å²) in [5, 5.41) is 8.76. The number of nitrogen functional groups attached to an aromatic ring is 1. The smallest absolute Gasteiger partial charge is 0.339 e. The van der Waals surface area contributed by atoms with E-state index in [1.807, 2.05) is 6.07 Å². The quantitative estimate of drug-likeness (QED) is 0.679. The van der Waals surface area contributed by atoms with E-state index in [9.17, 15) is 4.79 Å². The lowest BCUT2D eigenvalue weighted by Crippen LogP contribution is -2.04. The molecule has 0 aliphatic rings. The van der Waals surface area contributed by atoms with Crippen LogP contribution in [0.15, 0.2) is 36.5 Å². The van der Waals surface area contributed by atoms with Crippen LogP contribution in [0.5, 0.6) is 5.75 Å². The van der Waals surface area contributed by atoms with Crippen LogP contribution in [-0.2, 0) is 11.3 Å². The SMILES string of the molecule is COC(=O)c1ccc(COc2ccc(C#N)cc2N)nc1. The maximum absolute atomic E-state index is 11.3. The molecule has 0 fully saturated rings. The number of benzene rings is 1. The molecule has 2 aromatic rings. The molecular weight excluding hydrogens is 270 g/mol. The number of anilines is 1. The number of esters is 1. The number of hydrogen-bond acceptors (Lipinski definition) is 6. The third-order valence-corrected chi connectivity index (χ3v) is 2.76. The van der Waals surface area contributed by atoms with E-state index in [-0.39, 0.29) is 6.61 Å². The van der Waals surface area contributed by atoms with E-state index in [2.05, 4.69) is 9.72 Å². The maximum atomic E-state index is 11.3. The van der Waals surface area contributed by atoms with Crippen molar-refractivity contribution in [3.63, 3.8) is 0 Å². The van der Waals surface area contributed by atoms with Crippen molar-refractivity contribution in [3.05, 3.63) is 53.3 Å². The summed E-state index contributed by atoms with van der Waals surface area (Å²) in [5.41, 5.74) is 7.67. The maximum Gasteiger partial charge on any atom is 0.339 e. The summed E-state index contributed by atoms with van der Waals surface area (Å²) in [6, 6.07) is 10.1. The summed E-state index contributed by atoms with van der Waals surface area (Å²) in [7, 11) is 1.31. The standard InChI is InChI=1S/C15H13N3O3/c1-20-15(19)11-3-4-12(18-8-11)9-21-14-5-2-10(7-16)6-13(14)17/h2-6,8H,9,17H2,1H3. The molecule has 0 amide bonds. The number of aromatic nitrogens is 1. The lowest BCUT2D eigenvalue weighted by atomic mass is 10.2. The van der Waals surface area contributed by atoms with E-state index >= 15 is 0 Å². The Labute approximate surface area is 121 Å². The van der Waals surface area contributed by atoms with E-state index in [1.165, 1.54) is 13.3 Å². The Morgan fingerprint density at radius 1 is 1.38 bits per heavy atom. The van der Waals surface area contributed by atoms with E-state index in [1.54, 1.807) is 30.3 Å². The van der Waals surface area contributed by atoms with Gasteiger partial charge in [-0.15, -0.1) is 0 Å². The highest BCUT2D eigenvalue weighted by molar-refractivity contribution is 5.88. The molecule has 0 aliphatic heterocycles. The molecular formula is C15H13N3O3. The first-order valence-corrected chi connectivity index (χ1v) is 6.09. The highest BCUT2D eigenvalue weighted by atomic mass is 16.5. The van der Waals surface area contributed by atoms with Crippen LogP contribution < -0.4 is 10.5 Å². The summed E-state index contributed by atoms with van der Waals surface area (Å²) < 4.78 is 10.1. The van der Waals surface area contributed by atoms with Gasteiger partial charge in [-0.1, -0.05) is 0 Å². The van der Waals surface area contributed by atoms with Crippen molar-refractivity contribution in [2.75, 3.05) is 12.8 Å². The molecule has 0 unspecified atom stereocenters. The fourth-order valence-corrected chi connectivity index (χ4v) is 1.65. The normalized spacial score (nSPS) is 9.71. The summed E-state index contributed by atoms with van der Waals surface area (Å²) in [4.78, 5) is 15.4. The van der Waals surface area contributed by atoms with Gasteiger partial charge in [-0.3, -0.25) is 4.98 Å². The van der Waals surface area contributed by atoms with Gasteiger partial charge in [-0.05, 0) is 30.3 Å². The number of hydrogen-bond donors (Lipinski definition) is 1. The second-order valence-corrected chi connectivity index (χ2v) is 4.18. The predicted octanol–water partition coefficient (Wildman–Crippen LogP) is 1.90. The van der Waals surface area contributed by atoms with E-state index in [0.717, 1.165) is 0 Å². The fourth-order valence-electron chi connectivity index (χ4n) is 1.65. The van der Waals surface area contributed by atoms with Crippen molar-refractivity contribution in [3.8, 4) is 11.8 Å². The average Bonchev–Trinajstić information content (AvgIpc) is 2.53. The molecule has 106 valence electrons. The monoisotopic (exact) mass is 283 g/mol. The zero-order valence-electron chi connectivity index (χ0n) is 11.4. The van der Waals surface area contributed by atoms with Crippen LogP contribution in [0.25, 0.3) is 0 Å². The van der Waals surface area contributed by atoms with Crippen LogP contribution in [0.4, 0.5) is 5.69 Å². The molecule has 6 nitrogen and oxygen atoms in total. The molecule has 21 heavy (non-hydrogen) atoms. The molecule has 0 spiro atoms. The molecule has 2 N–H and O–H groups in total. The van der Waals surface area contributed by atoms with Crippen LogP contribution in [0.3, 0.4) is 0 Å². The topological polar surface area (TPSA) is 98.2 Å². The number of carbonyl (C=O) groups excluding carboxylic acids is 1. The van der Waals surface area contributed by atoms with Gasteiger partial charge < -0.3 is 15.2 Å². The summed E-state index contributed by atoms with van der Waals surface area (Å²) in [6.07, 6.45) is 1.42. The predicted molar refractivity (Wildman–Crippen MR) is 75.5 cm³/mol. The number of nitriles is 1. The summed E-state index contributed by atoms with van der Waals surface area (Å²) in [6.45, 7) is 0.206. The number of carbonyl (C=O) groups is 1. The summed E-state index contributed by atoms with van der Waals surface area (Å²) >= 11 is 0. The van der Waals surface area contributed by atoms with Gasteiger partial charge in [0.05, 0.1) is 35.7 Å². The van der Waals surface area contributed by atoms with E-state index in [4.69, 9.17) is 15.7 Å². The Morgan fingerprint density at radius 2 is 2.19 bits per heavy atom. The number of rotatable bonds is 4. The van der Waals surface area contributed by atoms with E-state index < -0.39 is 5.97 Å². The molecule has 0 atom stereocenters. The van der Waals surface area contributed by atoms with Crippen molar-refractivity contribution in [2.45, 2.75) is 6.61 Å². The molecule has 0 saturated carbocycles. The minimum Gasteiger partial charge on any atom is -0.485 e. The Hall–Kier alpha value is -3.07. The number of ether oxygens (including phenoxy) is 2. The molecule has 0 saturated heterocycles. The zero-order valence-corrected chi connectivity index (χ0v) is 11.4. The first kappa shape index (κ1) is 14.3. The van der Waals surface area contributed by atoms with Crippen molar-refractivity contribution >= 4 is 11.7 Å². The molecule has 1 aromatic carbocycles. The highest BCUT2D eigenvalue weighted by Gasteiger charge is 2.07. The number of nitrogens with zero attached hydrogens (tertiary/aromatic N) is 2. The van der Waals surface area contributed by atoms with Gasteiger partial charge in [-0.2, -0.15) is 5.26 Å². The molecule has 1 aromatic heterocycles. The second-order valence-electron chi connectivity index (χ2n) is 4.18. The molecule has 6 heteroatoms. The first-order valence-electron chi connectivity index (χ1n) is 6.09. The Kier molecular flexibility index (Phi) is 4.36. The third kappa shape index (κ3) is 3.48. The van der Waals surface area contributed by atoms with Crippen LogP contribution >= 0.6 is 0 Å². The average molecular weight is 283 g/mol.